The molecule has 0 fully saturated rings. The Kier molecular flexibility index (Phi) is 7.15. The van der Waals surface area contributed by atoms with Crippen LogP contribution in [0.5, 0.6) is 0 Å². The summed E-state index contributed by atoms with van der Waals surface area (Å²) in [7, 11) is 0. The average Bonchev–Trinajstić information content (AvgIpc) is 2.38. The normalized spacial score (nSPS) is 10.7. The first kappa shape index (κ1) is 15.7. The number of hydrogen-bond donors (Lipinski definition) is 1. The van der Waals surface area contributed by atoms with E-state index < -0.39 is 0 Å². The van der Waals surface area contributed by atoms with E-state index in [4.69, 9.17) is 15.2 Å². The van der Waals surface area contributed by atoms with Gasteiger partial charge in [0.1, 0.15) is 6.61 Å². The highest BCUT2D eigenvalue weighted by molar-refractivity contribution is 5.89. The molecule has 0 atom stereocenters. The minimum atomic E-state index is -0.313. The Morgan fingerprint density at radius 1 is 1.32 bits per heavy atom. The summed E-state index contributed by atoms with van der Waals surface area (Å²) in [6, 6.07) is 7.37. The summed E-state index contributed by atoms with van der Waals surface area (Å²) in [4.78, 5) is 11.8. The van der Waals surface area contributed by atoms with E-state index in [-0.39, 0.29) is 12.6 Å². The summed E-state index contributed by atoms with van der Waals surface area (Å²) < 4.78 is 10.5. The molecule has 0 aliphatic rings. The van der Waals surface area contributed by atoms with Gasteiger partial charge in [-0.2, -0.15) is 0 Å². The first-order valence-corrected chi connectivity index (χ1v) is 6.67. The smallest absolute Gasteiger partial charge is 0.338 e. The van der Waals surface area contributed by atoms with Crippen LogP contribution in [0, 0.1) is 5.92 Å². The number of carbonyl (C=O) groups is 1. The predicted molar refractivity (Wildman–Crippen MR) is 75.1 cm³/mol. The number of ether oxygens (including phenoxy) is 2. The summed E-state index contributed by atoms with van der Waals surface area (Å²) in [5, 5.41) is 0. The predicted octanol–water partition coefficient (Wildman–Crippen LogP) is 2.02. The van der Waals surface area contributed by atoms with Gasteiger partial charge in [0, 0.05) is 6.61 Å². The number of rotatable bonds is 8. The van der Waals surface area contributed by atoms with E-state index >= 15 is 0 Å². The van der Waals surface area contributed by atoms with E-state index in [1.54, 1.807) is 6.07 Å². The van der Waals surface area contributed by atoms with Crippen LogP contribution in [0.1, 0.15) is 29.8 Å². The number of hydrogen-bond acceptors (Lipinski definition) is 4. The minimum Gasteiger partial charge on any atom is -0.460 e. The molecule has 2 N–H and O–H groups in total. The van der Waals surface area contributed by atoms with Crippen LogP contribution in [0.2, 0.25) is 0 Å². The van der Waals surface area contributed by atoms with Crippen molar-refractivity contribution in [1.82, 2.24) is 0 Å². The van der Waals surface area contributed by atoms with Crippen LogP contribution >= 0.6 is 0 Å². The van der Waals surface area contributed by atoms with Crippen LogP contribution < -0.4 is 5.73 Å². The zero-order valence-corrected chi connectivity index (χ0v) is 11.7. The zero-order valence-electron chi connectivity index (χ0n) is 11.7. The highest BCUT2D eigenvalue weighted by Gasteiger charge is 2.07. The Hall–Kier alpha value is -1.39. The molecule has 4 heteroatoms. The maximum atomic E-state index is 11.8. The molecule has 1 aromatic rings. The SMILES string of the molecule is CC(C)COCCOC(=O)c1cccc(CCN)c1. The Morgan fingerprint density at radius 3 is 2.79 bits per heavy atom. The standard InChI is InChI=1S/C15H23NO3/c1-12(2)11-18-8-9-19-15(17)14-5-3-4-13(10-14)6-7-16/h3-5,10,12H,6-9,11,16H2,1-2H3. The lowest BCUT2D eigenvalue weighted by Gasteiger charge is -2.08. The average molecular weight is 265 g/mol. The molecule has 1 rings (SSSR count). The van der Waals surface area contributed by atoms with Crippen molar-refractivity contribution in [3.8, 4) is 0 Å². The molecule has 0 unspecified atom stereocenters. The van der Waals surface area contributed by atoms with Crippen molar-refractivity contribution in [3.05, 3.63) is 35.4 Å². The molecular formula is C15H23NO3. The lowest BCUT2D eigenvalue weighted by molar-refractivity contribution is 0.0277. The molecule has 4 nitrogen and oxygen atoms in total. The monoisotopic (exact) mass is 265 g/mol. The molecule has 106 valence electrons. The molecule has 0 aromatic heterocycles. The quantitative estimate of drug-likeness (QED) is 0.577. The van der Waals surface area contributed by atoms with Gasteiger partial charge >= 0.3 is 5.97 Å². The van der Waals surface area contributed by atoms with Gasteiger partial charge in [0.15, 0.2) is 0 Å². The van der Waals surface area contributed by atoms with Crippen molar-refractivity contribution in [2.75, 3.05) is 26.4 Å². The molecule has 0 saturated heterocycles. The molecule has 0 aliphatic heterocycles. The molecule has 0 radical (unpaired) electrons. The van der Waals surface area contributed by atoms with Gasteiger partial charge in [-0.15, -0.1) is 0 Å². The molecule has 0 aliphatic carbocycles. The highest BCUT2D eigenvalue weighted by atomic mass is 16.6. The maximum absolute atomic E-state index is 11.8. The summed E-state index contributed by atoms with van der Waals surface area (Å²) in [6.07, 6.45) is 0.763. The molecular weight excluding hydrogens is 242 g/mol. The topological polar surface area (TPSA) is 61.5 Å². The second-order valence-electron chi connectivity index (χ2n) is 4.84. The molecule has 0 heterocycles. The van der Waals surface area contributed by atoms with Crippen LogP contribution in [0.15, 0.2) is 24.3 Å². The van der Waals surface area contributed by atoms with Crippen molar-refractivity contribution >= 4 is 5.97 Å². The van der Waals surface area contributed by atoms with E-state index in [0.717, 1.165) is 12.0 Å². The number of carbonyl (C=O) groups excluding carboxylic acids is 1. The first-order valence-electron chi connectivity index (χ1n) is 6.67. The fourth-order valence-electron chi connectivity index (χ4n) is 1.62. The van der Waals surface area contributed by atoms with Gasteiger partial charge in [-0.05, 0) is 36.6 Å². The van der Waals surface area contributed by atoms with Crippen molar-refractivity contribution < 1.29 is 14.3 Å². The summed E-state index contributed by atoms with van der Waals surface area (Å²) in [5.74, 6) is 0.177. The van der Waals surface area contributed by atoms with Crippen molar-refractivity contribution in [3.63, 3.8) is 0 Å². The zero-order chi connectivity index (χ0) is 14.1. The number of esters is 1. The van der Waals surface area contributed by atoms with E-state index in [9.17, 15) is 4.79 Å². The molecule has 0 amide bonds. The van der Waals surface area contributed by atoms with Crippen LogP contribution in [0.25, 0.3) is 0 Å². The molecule has 1 aromatic carbocycles. The lowest BCUT2D eigenvalue weighted by Crippen LogP contribution is -2.13. The fraction of sp³-hybridized carbons (Fsp3) is 0.533. The van der Waals surface area contributed by atoms with Gasteiger partial charge in [0.2, 0.25) is 0 Å². The first-order chi connectivity index (χ1) is 9.13. The highest BCUT2D eigenvalue weighted by Crippen LogP contribution is 2.07. The van der Waals surface area contributed by atoms with Gasteiger partial charge in [-0.3, -0.25) is 0 Å². The molecule has 0 spiro atoms. The van der Waals surface area contributed by atoms with Crippen LogP contribution in [-0.2, 0) is 15.9 Å². The molecule has 0 saturated carbocycles. The van der Waals surface area contributed by atoms with Crippen LogP contribution in [0.3, 0.4) is 0 Å². The maximum Gasteiger partial charge on any atom is 0.338 e. The van der Waals surface area contributed by atoms with Gasteiger partial charge < -0.3 is 15.2 Å². The Morgan fingerprint density at radius 2 is 2.11 bits per heavy atom. The molecule has 0 bridgehead atoms. The minimum absolute atomic E-state index is 0.284. The van der Waals surface area contributed by atoms with E-state index in [1.165, 1.54) is 0 Å². The third kappa shape index (κ3) is 6.36. The lowest BCUT2D eigenvalue weighted by atomic mass is 10.1. The van der Waals surface area contributed by atoms with Crippen LogP contribution in [0.4, 0.5) is 0 Å². The largest absolute Gasteiger partial charge is 0.460 e. The molecule has 19 heavy (non-hydrogen) atoms. The summed E-state index contributed by atoms with van der Waals surface area (Å²) in [6.45, 7) is 6.13. The Bertz CT molecular complexity index is 391. The fourth-order valence-corrected chi connectivity index (χ4v) is 1.62. The second-order valence-corrected chi connectivity index (χ2v) is 4.84. The van der Waals surface area contributed by atoms with Crippen molar-refractivity contribution in [2.45, 2.75) is 20.3 Å². The number of benzene rings is 1. The Labute approximate surface area is 114 Å². The summed E-state index contributed by atoms with van der Waals surface area (Å²) in [5.41, 5.74) is 7.11. The third-order valence-electron chi connectivity index (χ3n) is 2.51. The van der Waals surface area contributed by atoms with Gasteiger partial charge in [-0.25, -0.2) is 4.79 Å². The van der Waals surface area contributed by atoms with Crippen molar-refractivity contribution in [2.24, 2.45) is 11.7 Å². The Balaban J connectivity index is 2.34. The van der Waals surface area contributed by atoms with Gasteiger partial charge in [-0.1, -0.05) is 26.0 Å². The van der Waals surface area contributed by atoms with E-state index in [1.807, 2.05) is 18.2 Å². The van der Waals surface area contributed by atoms with Gasteiger partial charge in [0.25, 0.3) is 0 Å². The van der Waals surface area contributed by atoms with Crippen LogP contribution in [-0.4, -0.2) is 32.3 Å². The second kappa shape index (κ2) is 8.67. The summed E-state index contributed by atoms with van der Waals surface area (Å²) >= 11 is 0. The van der Waals surface area contributed by atoms with E-state index in [2.05, 4.69) is 13.8 Å². The van der Waals surface area contributed by atoms with Crippen molar-refractivity contribution in [1.29, 1.82) is 0 Å². The van der Waals surface area contributed by atoms with E-state index in [0.29, 0.717) is 31.2 Å². The third-order valence-corrected chi connectivity index (χ3v) is 2.51. The van der Waals surface area contributed by atoms with Gasteiger partial charge in [0.05, 0.1) is 12.2 Å². The number of nitrogens with two attached hydrogens (primary N) is 1.